The summed E-state index contributed by atoms with van der Waals surface area (Å²) in [4.78, 5) is 10.8. The Labute approximate surface area is 109 Å². The Kier molecular flexibility index (Phi) is 5.35. The SMILES string of the molecule is CCCNC(CC(=O)O)c1cccc(C(F)(F)F)c1. The van der Waals surface area contributed by atoms with Gasteiger partial charge in [0.2, 0.25) is 0 Å². The molecule has 1 atom stereocenters. The Bertz CT molecular complexity index is 432. The lowest BCUT2D eigenvalue weighted by Gasteiger charge is -2.18. The first-order valence-electron chi connectivity index (χ1n) is 5.97. The molecule has 0 saturated heterocycles. The molecule has 0 radical (unpaired) electrons. The monoisotopic (exact) mass is 275 g/mol. The Balaban J connectivity index is 2.97. The molecule has 0 heterocycles. The van der Waals surface area contributed by atoms with Crippen molar-refractivity contribution in [2.45, 2.75) is 32.0 Å². The number of halogens is 3. The van der Waals surface area contributed by atoms with E-state index >= 15 is 0 Å². The maximum absolute atomic E-state index is 12.6. The van der Waals surface area contributed by atoms with E-state index in [2.05, 4.69) is 5.32 Å². The fourth-order valence-corrected chi connectivity index (χ4v) is 1.73. The quantitative estimate of drug-likeness (QED) is 0.838. The standard InChI is InChI=1S/C13H16F3NO2/c1-2-6-17-11(8-12(18)19)9-4-3-5-10(7-9)13(14,15)16/h3-5,7,11,17H,2,6,8H2,1H3,(H,18,19). The van der Waals surface area contributed by atoms with Gasteiger partial charge in [0.1, 0.15) is 0 Å². The van der Waals surface area contributed by atoms with Gasteiger partial charge in [-0.1, -0.05) is 19.1 Å². The van der Waals surface area contributed by atoms with E-state index in [1.165, 1.54) is 12.1 Å². The van der Waals surface area contributed by atoms with Crippen LogP contribution < -0.4 is 5.32 Å². The van der Waals surface area contributed by atoms with Crippen LogP contribution in [0.5, 0.6) is 0 Å². The molecule has 0 spiro atoms. The molecule has 3 nitrogen and oxygen atoms in total. The lowest BCUT2D eigenvalue weighted by atomic mass is 10.0. The number of carbonyl (C=O) groups is 1. The van der Waals surface area contributed by atoms with Gasteiger partial charge in [0.25, 0.3) is 0 Å². The van der Waals surface area contributed by atoms with Gasteiger partial charge in [0.05, 0.1) is 12.0 Å². The van der Waals surface area contributed by atoms with Crippen LogP contribution in [0.3, 0.4) is 0 Å². The molecule has 2 N–H and O–H groups in total. The molecule has 0 amide bonds. The molecule has 1 aromatic rings. The minimum absolute atomic E-state index is 0.249. The Morgan fingerprint density at radius 1 is 1.42 bits per heavy atom. The van der Waals surface area contributed by atoms with Crippen molar-refractivity contribution in [3.63, 3.8) is 0 Å². The van der Waals surface area contributed by atoms with Crippen LogP contribution in [0.15, 0.2) is 24.3 Å². The second-order valence-corrected chi connectivity index (χ2v) is 4.23. The van der Waals surface area contributed by atoms with Crippen molar-refractivity contribution in [2.24, 2.45) is 0 Å². The third-order valence-corrected chi connectivity index (χ3v) is 2.64. The van der Waals surface area contributed by atoms with Crippen molar-refractivity contribution in [1.82, 2.24) is 5.32 Å². The first-order chi connectivity index (χ1) is 8.84. The van der Waals surface area contributed by atoms with Gasteiger partial charge in [-0.25, -0.2) is 0 Å². The first kappa shape index (κ1) is 15.5. The van der Waals surface area contributed by atoms with Crippen LogP contribution >= 0.6 is 0 Å². The summed E-state index contributed by atoms with van der Waals surface area (Å²) < 4.78 is 37.8. The predicted octanol–water partition coefficient (Wildman–Crippen LogP) is 3.22. The number of carboxylic acids is 1. The smallest absolute Gasteiger partial charge is 0.416 e. The van der Waals surface area contributed by atoms with E-state index in [-0.39, 0.29) is 6.42 Å². The van der Waals surface area contributed by atoms with Crippen LogP contribution in [0.4, 0.5) is 13.2 Å². The second kappa shape index (κ2) is 6.56. The average Bonchev–Trinajstić information content (AvgIpc) is 2.33. The van der Waals surface area contributed by atoms with Crippen LogP contribution in [0, 0.1) is 0 Å². The van der Waals surface area contributed by atoms with E-state index in [0.29, 0.717) is 12.1 Å². The van der Waals surface area contributed by atoms with Crippen molar-refractivity contribution in [3.05, 3.63) is 35.4 Å². The molecule has 1 aromatic carbocycles. The highest BCUT2D eigenvalue weighted by Gasteiger charge is 2.31. The molecule has 19 heavy (non-hydrogen) atoms. The first-order valence-corrected chi connectivity index (χ1v) is 5.97. The fourth-order valence-electron chi connectivity index (χ4n) is 1.73. The maximum Gasteiger partial charge on any atom is 0.416 e. The van der Waals surface area contributed by atoms with Gasteiger partial charge < -0.3 is 10.4 Å². The topological polar surface area (TPSA) is 49.3 Å². The van der Waals surface area contributed by atoms with Crippen LogP contribution in [-0.2, 0) is 11.0 Å². The third kappa shape index (κ3) is 4.90. The lowest BCUT2D eigenvalue weighted by Crippen LogP contribution is -2.25. The zero-order valence-corrected chi connectivity index (χ0v) is 10.5. The lowest BCUT2D eigenvalue weighted by molar-refractivity contribution is -0.138. The number of aliphatic carboxylic acids is 1. The fraction of sp³-hybridized carbons (Fsp3) is 0.462. The highest BCUT2D eigenvalue weighted by Crippen LogP contribution is 2.31. The number of carboxylic acid groups (broad SMARTS) is 1. The van der Waals surface area contributed by atoms with Crippen molar-refractivity contribution in [2.75, 3.05) is 6.54 Å². The second-order valence-electron chi connectivity index (χ2n) is 4.23. The van der Waals surface area contributed by atoms with Crippen LogP contribution in [-0.4, -0.2) is 17.6 Å². The zero-order chi connectivity index (χ0) is 14.5. The molecular formula is C13H16F3NO2. The zero-order valence-electron chi connectivity index (χ0n) is 10.5. The molecule has 106 valence electrons. The molecule has 0 aliphatic heterocycles. The van der Waals surface area contributed by atoms with Crippen LogP contribution in [0.25, 0.3) is 0 Å². The summed E-state index contributed by atoms with van der Waals surface area (Å²) in [6.45, 7) is 2.45. The van der Waals surface area contributed by atoms with Crippen molar-refractivity contribution in [3.8, 4) is 0 Å². The maximum atomic E-state index is 12.6. The minimum atomic E-state index is -4.42. The molecule has 0 aliphatic rings. The number of rotatable bonds is 6. The van der Waals surface area contributed by atoms with Gasteiger partial charge >= 0.3 is 12.1 Å². The van der Waals surface area contributed by atoms with Gasteiger partial charge in [0, 0.05) is 6.04 Å². The van der Waals surface area contributed by atoms with E-state index in [1.807, 2.05) is 6.92 Å². The number of hydrogen-bond acceptors (Lipinski definition) is 2. The molecule has 0 aromatic heterocycles. The average molecular weight is 275 g/mol. The molecule has 6 heteroatoms. The Morgan fingerprint density at radius 2 is 2.11 bits per heavy atom. The number of alkyl halides is 3. The summed E-state index contributed by atoms with van der Waals surface area (Å²) in [7, 11) is 0. The number of nitrogens with one attached hydrogen (secondary N) is 1. The van der Waals surface area contributed by atoms with Gasteiger partial charge in [-0.15, -0.1) is 0 Å². The summed E-state index contributed by atoms with van der Waals surface area (Å²) in [5.74, 6) is -1.05. The Morgan fingerprint density at radius 3 is 2.63 bits per heavy atom. The van der Waals surface area contributed by atoms with Gasteiger partial charge in [0.15, 0.2) is 0 Å². The highest BCUT2D eigenvalue weighted by molar-refractivity contribution is 5.68. The minimum Gasteiger partial charge on any atom is -0.481 e. The van der Waals surface area contributed by atoms with Gasteiger partial charge in [-0.2, -0.15) is 13.2 Å². The van der Waals surface area contributed by atoms with Gasteiger partial charge in [-0.05, 0) is 30.7 Å². The summed E-state index contributed by atoms with van der Waals surface area (Å²) in [6.07, 6.45) is -3.90. The third-order valence-electron chi connectivity index (χ3n) is 2.64. The molecule has 0 fully saturated rings. The molecule has 1 rings (SSSR count). The van der Waals surface area contributed by atoms with Crippen molar-refractivity contribution < 1.29 is 23.1 Å². The molecule has 1 unspecified atom stereocenters. The predicted molar refractivity (Wildman–Crippen MR) is 64.7 cm³/mol. The largest absolute Gasteiger partial charge is 0.481 e. The summed E-state index contributed by atoms with van der Waals surface area (Å²) in [5.41, 5.74) is -0.427. The van der Waals surface area contributed by atoms with Crippen LogP contribution in [0.1, 0.15) is 36.9 Å². The summed E-state index contributed by atoms with van der Waals surface area (Å²) >= 11 is 0. The van der Waals surface area contributed by atoms with E-state index < -0.39 is 23.8 Å². The molecular weight excluding hydrogens is 259 g/mol. The Hall–Kier alpha value is -1.56. The normalized spacial score (nSPS) is 13.3. The van der Waals surface area contributed by atoms with Crippen molar-refractivity contribution in [1.29, 1.82) is 0 Å². The molecule has 0 aliphatic carbocycles. The van der Waals surface area contributed by atoms with Crippen molar-refractivity contribution >= 4 is 5.97 Å². The van der Waals surface area contributed by atoms with Gasteiger partial charge in [-0.3, -0.25) is 4.79 Å². The van der Waals surface area contributed by atoms with E-state index in [1.54, 1.807) is 0 Å². The number of benzene rings is 1. The summed E-state index contributed by atoms with van der Waals surface area (Å²) in [6, 6.07) is 4.16. The van der Waals surface area contributed by atoms with E-state index in [0.717, 1.165) is 18.6 Å². The molecule has 0 bridgehead atoms. The summed E-state index contributed by atoms with van der Waals surface area (Å²) in [5, 5.41) is 11.8. The van der Waals surface area contributed by atoms with Crippen LogP contribution in [0.2, 0.25) is 0 Å². The highest BCUT2D eigenvalue weighted by atomic mass is 19.4. The van der Waals surface area contributed by atoms with E-state index in [4.69, 9.17) is 5.11 Å². The molecule has 0 saturated carbocycles. The number of hydrogen-bond donors (Lipinski definition) is 2. The van der Waals surface area contributed by atoms with E-state index in [9.17, 15) is 18.0 Å².